The SMILES string of the molecule is CC(C)Oc1ccc(Cc2ccc(-n3cnnn3)nc2)c(F)c1-c1cccc(Cl)c1. The first-order valence-corrected chi connectivity index (χ1v) is 9.81. The van der Waals surface area contributed by atoms with Crippen molar-refractivity contribution in [1.82, 2.24) is 25.2 Å². The topological polar surface area (TPSA) is 65.7 Å². The maximum Gasteiger partial charge on any atom is 0.156 e. The maximum absolute atomic E-state index is 15.6. The summed E-state index contributed by atoms with van der Waals surface area (Å²) in [6, 6.07) is 14.3. The van der Waals surface area contributed by atoms with Gasteiger partial charge in [-0.15, -0.1) is 5.10 Å². The molecule has 0 fully saturated rings. The van der Waals surface area contributed by atoms with Crippen LogP contribution in [0.15, 0.2) is 61.1 Å². The summed E-state index contributed by atoms with van der Waals surface area (Å²) in [7, 11) is 0. The van der Waals surface area contributed by atoms with Gasteiger partial charge in [0.2, 0.25) is 0 Å². The van der Waals surface area contributed by atoms with Crippen LogP contribution in [-0.2, 0) is 6.42 Å². The average molecular weight is 424 g/mol. The molecule has 2 aromatic carbocycles. The smallest absolute Gasteiger partial charge is 0.156 e. The number of ether oxygens (including phenoxy) is 1. The molecule has 0 spiro atoms. The van der Waals surface area contributed by atoms with Crippen LogP contribution in [0.25, 0.3) is 16.9 Å². The standard InChI is InChI=1S/C22H19ClFN5O/c1-14(2)30-19-8-7-17(22(24)21(19)16-4-3-5-18(23)11-16)10-15-6-9-20(25-12-15)29-13-26-27-28-29/h3-9,11-14H,10H2,1-2H3. The van der Waals surface area contributed by atoms with Gasteiger partial charge in [-0.3, -0.25) is 0 Å². The lowest BCUT2D eigenvalue weighted by Gasteiger charge is -2.17. The molecule has 0 aliphatic carbocycles. The van der Waals surface area contributed by atoms with Crippen molar-refractivity contribution < 1.29 is 9.13 Å². The predicted molar refractivity (Wildman–Crippen MR) is 112 cm³/mol. The van der Waals surface area contributed by atoms with E-state index in [1.807, 2.05) is 26.0 Å². The summed E-state index contributed by atoms with van der Waals surface area (Å²) in [5.74, 6) is 0.741. The minimum atomic E-state index is -0.333. The van der Waals surface area contributed by atoms with E-state index < -0.39 is 0 Å². The van der Waals surface area contributed by atoms with Gasteiger partial charge < -0.3 is 4.74 Å². The van der Waals surface area contributed by atoms with E-state index in [1.165, 1.54) is 11.0 Å². The van der Waals surface area contributed by atoms with Gasteiger partial charge >= 0.3 is 0 Å². The summed E-state index contributed by atoms with van der Waals surface area (Å²) in [4.78, 5) is 4.35. The highest BCUT2D eigenvalue weighted by Crippen LogP contribution is 2.36. The Kier molecular flexibility index (Phi) is 5.72. The number of hydrogen-bond acceptors (Lipinski definition) is 5. The fourth-order valence-corrected chi connectivity index (χ4v) is 3.34. The largest absolute Gasteiger partial charge is 0.490 e. The summed E-state index contributed by atoms with van der Waals surface area (Å²) in [6.45, 7) is 3.82. The summed E-state index contributed by atoms with van der Waals surface area (Å²) in [5, 5.41) is 11.5. The van der Waals surface area contributed by atoms with Gasteiger partial charge in [-0.2, -0.15) is 4.68 Å². The summed E-state index contributed by atoms with van der Waals surface area (Å²) in [5.41, 5.74) is 2.48. The molecule has 0 radical (unpaired) electrons. The molecule has 0 saturated heterocycles. The molecular weight excluding hydrogens is 405 g/mol. The second-order valence-electron chi connectivity index (χ2n) is 7.04. The highest BCUT2D eigenvalue weighted by molar-refractivity contribution is 6.30. The van der Waals surface area contributed by atoms with Gasteiger partial charge in [-0.05, 0) is 65.2 Å². The van der Waals surface area contributed by atoms with E-state index in [1.54, 1.807) is 42.6 Å². The molecular formula is C22H19ClFN5O. The molecule has 2 aromatic heterocycles. The monoisotopic (exact) mass is 423 g/mol. The van der Waals surface area contributed by atoms with Crippen LogP contribution in [0.2, 0.25) is 5.02 Å². The van der Waals surface area contributed by atoms with E-state index >= 15 is 4.39 Å². The second kappa shape index (κ2) is 8.59. The Morgan fingerprint density at radius 1 is 1.13 bits per heavy atom. The number of hydrogen-bond donors (Lipinski definition) is 0. The van der Waals surface area contributed by atoms with Gasteiger partial charge in [-0.1, -0.05) is 35.9 Å². The van der Waals surface area contributed by atoms with Gasteiger partial charge in [0.05, 0.1) is 11.7 Å². The van der Waals surface area contributed by atoms with Crippen LogP contribution in [0.5, 0.6) is 5.75 Å². The van der Waals surface area contributed by atoms with E-state index in [0.717, 1.165) is 5.56 Å². The van der Waals surface area contributed by atoms with Crippen molar-refractivity contribution in [3.8, 4) is 22.7 Å². The van der Waals surface area contributed by atoms with Crippen LogP contribution in [0, 0.1) is 5.82 Å². The zero-order chi connectivity index (χ0) is 21.1. The fourth-order valence-electron chi connectivity index (χ4n) is 3.15. The Morgan fingerprint density at radius 3 is 2.67 bits per heavy atom. The summed E-state index contributed by atoms with van der Waals surface area (Å²) in [6.07, 6.45) is 3.45. The molecule has 30 heavy (non-hydrogen) atoms. The minimum Gasteiger partial charge on any atom is -0.490 e. The van der Waals surface area contributed by atoms with Crippen molar-refractivity contribution in [2.45, 2.75) is 26.4 Å². The van der Waals surface area contributed by atoms with Crippen molar-refractivity contribution in [3.63, 3.8) is 0 Å². The molecule has 8 heteroatoms. The predicted octanol–water partition coefficient (Wildman–Crippen LogP) is 4.89. The molecule has 0 N–H and O–H groups in total. The van der Waals surface area contributed by atoms with E-state index in [2.05, 4.69) is 20.5 Å². The Labute approximate surface area is 178 Å². The minimum absolute atomic E-state index is 0.0868. The molecule has 0 saturated carbocycles. The third-order valence-corrected chi connectivity index (χ3v) is 4.68. The first kappa shape index (κ1) is 20.0. The molecule has 0 amide bonds. The van der Waals surface area contributed by atoms with E-state index in [-0.39, 0.29) is 11.9 Å². The van der Waals surface area contributed by atoms with Crippen LogP contribution in [-0.4, -0.2) is 31.3 Å². The van der Waals surface area contributed by atoms with Crippen LogP contribution in [0.3, 0.4) is 0 Å². The molecule has 152 valence electrons. The molecule has 2 heterocycles. The number of benzene rings is 2. The highest BCUT2D eigenvalue weighted by Gasteiger charge is 2.18. The van der Waals surface area contributed by atoms with Crippen molar-refractivity contribution in [2.75, 3.05) is 0 Å². The van der Waals surface area contributed by atoms with Crippen molar-refractivity contribution in [3.05, 3.63) is 83.0 Å². The lowest BCUT2D eigenvalue weighted by atomic mass is 9.97. The zero-order valence-corrected chi connectivity index (χ0v) is 17.2. The van der Waals surface area contributed by atoms with Gasteiger partial charge in [-0.25, -0.2) is 9.37 Å². The summed E-state index contributed by atoms with van der Waals surface area (Å²) < 4.78 is 22.9. The second-order valence-corrected chi connectivity index (χ2v) is 7.48. The van der Waals surface area contributed by atoms with Gasteiger partial charge in [0.1, 0.15) is 17.9 Å². The third-order valence-electron chi connectivity index (χ3n) is 4.45. The van der Waals surface area contributed by atoms with E-state index in [4.69, 9.17) is 16.3 Å². The fraction of sp³-hybridized carbons (Fsp3) is 0.182. The molecule has 0 bridgehead atoms. The normalized spacial score (nSPS) is 11.1. The quantitative estimate of drug-likeness (QED) is 0.441. The van der Waals surface area contributed by atoms with Crippen LogP contribution in [0.4, 0.5) is 4.39 Å². The number of aromatic nitrogens is 5. The number of rotatable bonds is 6. The summed E-state index contributed by atoms with van der Waals surface area (Å²) >= 11 is 6.14. The van der Waals surface area contributed by atoms with E-state index in [0.29, 0.717) is 39.7 Å². The first-order valence-electron chi connectivity index (χ1n) is 9.43. The van der Waals surface area contributed by atoms with Gasteiger partial charge in [0.25, 0.3) is 0 Å². The lowest BCUT2D eigenvalue weighted by molar-refractivity contribution is 0.242. The number of nitrogens with zero attached hydrogens (tertiary/aromatic N) is 5. The molecule has 0 aliphatic rings. The van der Waals surface area contributed by atoms with Crippen molar-refractivity contribution in [2.24, 2.45) is 0 Å². The van der Waals surface area contributed by atoms with Gasteiger partial charge in [0.15, 0.2) is 5.82 Å². The molecule has 4 aromatic rings. The molecule has 0 unspecified atom stereocenters. The Balaban J connectivity index is 1.69. The van der Waals surface area contributed by atoms with Crippen molar-refractivity contribution >= 4 is 11.6 Å². The molecule has 0 aliphatic heterocycles. The third kappa shape index (κ3) is 4.31. The number of halogens is 2. The van der Waals surface area contributed by atoms with E-state index in [9.17, 15) is 0 Å². The number of pyridine rings is 1. The molecule has 4 rings (SSSR count). The first-order chi connectivity index (χ1) is 14.5. The van der Waals surface area contributed by atoms with Gasteiger partial charge in [0, 0.05) is 17.6 Å². The highest BCUT2D eigenvalue weighted by atomic mass is 35.5. The van der Waals surface area contributed by atoms with Crippen molar-refractivity contribution in [1.29, 1.82) is 0 Å². The zero-order valence-electron chi connectivity index (χ0n) is 16.5. The van der Waals surface area contributed by atoms with Crippen LogP contribution in [0.1, 0.15) is 25.0 Å². The Hall–Kier alpha value is -3.32. The lowest BCUT2D eigenvalue weighted by Crippen LogP contribution is -2.08. The average Bonchev–Trinajstić information content (AvgIpc) is 3.25. The number of tetrazole rings is 1. The maximum atomic E-state index is 15.6. The Morgan fingerprint density at radius 2 is 2.00 bits per heavy atom. The molecule has 0 atom stereocenters. The van der Waals surface area contributed by atoms with Crippen LogP contribution < -0.4 is 4.74 Å². The Bertz CT molecular complexity index is 1150. The van der Waals surface area contributed by atoms with Crippen LogP contribution >= 0.6 is 11.6 Å². The molecule has 6 nitrogen and oxygen atoms in total.